The Morgan fingerprint density at radius 1 is 0.850 bits per heavy atom. The van der Waals surface area contributed by atoms with Gasteiger partial charge in [-0.3, -0.25) is 13.9 Å². The summed E-state index contributed by atoms with van der Waals surface area (Å²) in [6, 6.07) is 18.9. The molecule has 0 spiro atoms. The lowest BCUT2D eigenvalue weighted by molar-refractivity contribution is -0.140. The number of hydrogen-bond donors (Lipinski definition) is 1. The van der Waals surface area contributed by atoms with Gasteiger partial charge in [0, 0.05) is 12.6 Å². The van der Waals surface area contributed by atoms with Crippen LogP contribution in [-0.2, 0) is 26.2 Å². The first kappa shape index (κ1) is 30.9. The number of hydrogen-bond acceptors (Lipinski definition) is 4. The van der Waals surface area contributed by atoms with E-state index in [4.69, 9.17) is 0 Å². The third kappa shape index (κ3) is 7.50. The molecule has 0 aliphatic heterocycles. The van der Waals surface area contributed by atoms with Crippen LogP contribution < -0.4 is 9.62 Å². The van der Waals surface area contributed by atoms with E-state index in [2.05, 4.69) is 5.32 Å². The van der Waals surface area contributed by atoms with Gasteiger partial charge in [0.1, 0.15) is 12.6 Å². The predicted octanol–water partition coefficient (Wildman–Crippen LogP) is 5.45. The first-order valence-electron chi connectivity index (χ1n) is 13.7. The molecule has 0 radical (unpaired) electrons. The summed E-state index contributed by atoms with van der Waals surface area (Å²) in [6.45, 7) is 13.0. The van der Waals surface area contributed by atoms with E-state index in [1.807, 2.05) is 78.8 Å². The molecule has 7 nitrogen and oxygen atoms in total. The van der Waals surface area contributed by atoms with Gasteiger partial charge in [0.05, 0.1) is 10.6 Å². The second kappa shape index (κ2) is 13.1. The second-order valence-corrected chi connectivity index (χ2v) is 12.6. The first-order chi connectivity index (χ1) is 18.8. The van der Waals surface area contributed by atoms with Gasteiger partial charge < -0.3 is 10.2 Å². The highest BCUT2D eigenvalue weighted by Gasteiger charge is 2.34. The molecule has 0 saturated carbocycles. The van der Waals surface area contributed by atoms with Crippen molar-refractivity contribution in [2.75, 3.05) is 10.8 Å². The summed E-state index contributed by atoms with van der Waals surface area (Å²) in [6.07, 6.45) is 0.379. The molecule has 3 rings (SSSR count). The Morgan fingerprint density at radius 2 is 1.45 bits per heavy atom. The molecule has 2 amide bonds. The lowest BCUT2D eigenvalue weighted by Crippen LogP contribution is -2.53. The second-order valence-electron chi connectivity index (χ2n) is 10.7. The highest BCUT2D eigenvalue weighted by Crippen LogP contribution is 2.27. The van der Waals surface area contributed by atoms with Gasteiger partial charge in [-0.05, 0) is 94.5 Å². The lowest BCUT2D eigenvalue weighted by Gasteiger charge is -2.34. The molecule has 8 heteroatoms. The summed E-state index contributed by atoms with van der Waals surface area (Å²) >= 11 is 0. The molecule has 0 bridgehead atoms. The van der Waals surface area contributed by atoms with Gasteiger partial charge in [0.2, 0.25) is 11.8 Å². The van der Waals surface area contributed by atoms with Crippen molar-refractivity contribution in [3.05, 3.63) is 94.5 Å². The van der Waals surface area contributed by atoms with Crippen molar-refractivity contribution in [3.8, 4) is 0 Å². The predicted molar refractivity (Wildman–Crippen MR) is 161 cm³/mol. The molecule has 40 heavy (non-hydrogen) atoms. The van der Waals surface area contributed by atoms with Crippen LogP contribution in [0, 0.1) is 27.7 Å². The van der Waals surface area contributed by atoms with Crippen molar-refractivity contribution >= 4 is 27.5 Å². The topological polar surface area (TPSA) is 86.8 Å². The minimum atomic E-state index is -4.10. The number of sulfonamides is 1. The third-order valence-electron chi connectivity index (χ3n) is 6.80. The van der Waals surface area contributed by atoms with E-state index in [-0.39, 0.29) is 23.4 Å². The standard InChI is InChI=1S/C32H41N3O4S/c1-8-30(32(37)33-22(2)3)34(20-27-12-10-9-11-26(27)7)31(36)21-35(28-18-24(5)17-25(6)19-28)40(38,39)29-15-13-23(4)14-16-29/h9-19,22,30H,8,20-21H2,1-7H3,(H,33,37)/t30-/m1/s1. The van der Waals surface area contributed by atoms with Gasteiger partial charge in [-0.25, -0.2) is 8.42 Å². The molecule has 0 aliphatic rings. The molecular weight excluding hydrogens is 522 g/mol. The third-order valence-corrected chi connectivity index (χ3v) is 8.59. The summed E-state index contributed by atoms with van der Waals surface area (Å²) in [4.78, 5) is 29.1. The Bertz CT molecular complexity index is 1430. The largest absolute Gasteiger partial charge is 0.352 e. The van der Waals surface area contributed by atoms with Crippen LogP contribution in [0.2, 0.25) is 0 Å². The summed E-state index contributed by atoms with van der Waals surface area (Å²) in [5, 5.41) is 2.93. The monoisotopic (exact) mass is 563 g/mol. The molecule has 0 fully saturated rings. The number of nitrogens with one attached hydrogen (secondary N) is 1. The number of anilines is 1. The van der Waals surface area contributed by atoms with Gasteiger partial charge in [-0.15, -0.1) is 0 Å². The number of rotatable bonds is 11. The van der Waals surface area contributed by atoms with Crippen LogP contribution in [0.5, 0.6) is 0 Å². The summed E-state index contributed by atoms with van der Waals surface area (Å²) in [5.74, 6) is -0.720. The van der Waals surface area contributed by atoms with Crippen molar-refractivity contribution in [1.29, 1.82) is 0 Å². The maximum absolute atomic E-state index is 14.2. The molecule has 0 aromatic heterocycles. The maximum atomic E-state index is 14.2. The SMILES string of the molecule is CC[C@H](C(=O)NC(C)C)N(Cc1ccccc1C)C(=O)CN(c1cc(C)cc(C)c1)S(=O)(=O)c1ccc(C)cc1. The Morgan fingerprint density at radius 3 is 2.00 bits per heavy atom. The number of carbonyl (C=O) groups is 2. The number of benzene rings is 3. The fraction of sp³-hybridized carbons (Fsp3) is 0.375. The highest BCUT2D eigenvalue weighted by molar-refractivity contribution is 7.92. The zero-order chi connectivity index (χ0) is 29.6. The van der Waals surface area contributed by atoms with Crippen molar-refractivity contribution in [2.45, 2.75) is 78.4 Å². The summed E-state index contributed by atoms with van der Waals surface area (Å²) in [5.41, 5.74) is 4.97. The fourth-order valence-electron chi connectivity index (χ4n) is 4.73. The van der Waals surface area contributed by atoms with Crippen LogP contribution >= 0.6 is 0 Å². The molecule has 214 valence electrons. The molecule has 3 aromatic rings. The summed E-state index contributed by atoms with van der Waals surface area (Å²) < 4.78 is 29.2. The Hall–Kier alpha value is -3.65. The number of amides is 2. The molecule has 0 saturated heterocycles. The zero-order valence-electron chi connectivity index (χ0n) is 24.6. The molecular formula is C32H41N3O4S. The Kier molecular flexibility index (Phi) is 10.1. The molecule has 0 heterocycles. The molecule has 1 N–H and O–H groups in total. The first-order valence-corrected chi connectivity index (χ1v) is 15.1. The van der Waals surface area contributed by atoms with Crippen molar-refractivity contribution in [1.82, 2.24) is 10.2 Å². The van der Waals surface area contributed by atoms with Gasteiger partial charge in [0.15, 0.2) is 0 Å². The van der Waals surface area contributed by atoms with E-state index in [1.165, 1.54) is 4.90 Å². The van der Waals surface area contributed by atoms with Gasteiger partial charge in [-0.1, -0.05) is 55.0 Å². The summed E-state index contributed by atoms with van der Waals surface area (Å²) in [7, 11) is -4.10. The highest BCUT2D eigenvalue weighted by atomic mass is 32.2. The van der Waals surface area contributed by atoms with Crippen molar-refractivity contribution in [3.63, 3.8) is 0 Å². The number of aryl methyl sites for hydroxylation is 4. The van der Waals surface area contributed by atoms with E-state index in [1.54, 1.807) is 36.4 Å². The van der Waals surface area contributed by atoms with E-state index >= 15 is 0 Å². The smallest absolute Gasteiger partial charge is 0.264 e. The fourth-order valence-corrected chi connectivity index (χ4v) is 6.13. The van der Waals surface area contributed by atoms with E-state index < -0.39 is 28.5 Å². The van der Waals surface area contributed by atoms with E-state index in [9.17, 15) is 18.0 Å². The van der Waals surface area contributed by atoms with Gasteiger partial charge >= 0.3 is 0 Å². The van der Waals surface area contributed by atoms with Gasteiger partial charge in [0.25, 0.3) is 10.0 Å². The van der Waals surface area contributed by atoms with Crippen LogP contribution in [0.4, 0.5) is 5.69 Å². The van der Waals surface area contributed by atoms with Crippen molar-refractivity contribution < 1.29 is 18.0 Å². The molecule has 3 aromatic carbocycles. The zero-order valence-corrected chi connectivity index (χ0v) is 25.4. The quantitative estimate of drug-likeness (QED) is 0.336. The number of nitrogens with zero attached hydrogens (tertiary/aromatic N) is 2. The Labute approximate surface area is 239 Å². The average molecular weight is 564 g/mol. The van der Waals surface area contributed by atoms with Gasteiger partial charge in [-0.2, -0.15) is 0 Å². The Balaban J connectivity index is 2.11. The van der Waals surface area contributed by atoms with Crippen LogP contribution in [0.25, 0.3) is 0 Å². The van der Waals surface area contributed by atoms with E-state index in [0.717, 1.165) is 32.1 Å². The molecule has 0 aliphatic carbocycles. The normalized spacial score (nSPS) is 12.2. The van der Waals surface area contributed by atoms with Crippen LogP contribution in [-0.4, -0.2) is 43.8 Å². The lowest BCUT2D eigenvalue weighted by atomic mass is 10.1. The van der Waals surface area contributed by atoms with Crippen LogP contribution in [0.3, 0.4) is 0 Å². The minimum Gasteiger partial charge on any atom is -0.352 e. The van der Waals surface area contributed by atoms with Crippen molar-refractivity contribution in [2.24, 2.45) is 0 Å². The minimum absolute atomic E-state index is 0.0973. The average Bonchev–Trinajstić information content (AvgIpc) is 2.87. The molecule has 0 unspecified atom stereocenters. The number of carbonyl (C=O) groups excluding carboxylic acids is 2. The van der Waals surface area contributed by atoms with Crippen LogP contribution in [0.15, 0.2) is 71.6 Å². The maximum Gasteiger partial charge on any atom is 0.264 e. The van der Waals surface area contributed by atoms with E-state index in [0.29, 0.717) is 12.1 Å². The molecule has 1 atom stereocenters. The van der Waals surface area contributed by atoms with Crippen LogP contribution in [0.1, 0.15) is 55.0 Å².